The number of hydrogen-bond donors (Lipinski definition) is 2. The largest absolute Gasteiger partial charge is 0.394 e. The Morgan fingerprint density at radius 3 is 3.00 bits per heavy atom. The molecular weight excluding hydrogens is 164 g/mol. The van der Waals surface area contributed by atoms with Gasteiger partial charge in [-0.2, -0.15) is 4.98 Å². The number of hydrogen-bond acceptors (Lipinski definition) is 5. The van der Waals surface area contributed by atoms with Crippen LogP contribution in [0.3, 0.4) is 0 Å². The van der Waals surface area contributed by atoms with Crippen molar-refractivity contribution >= 4 is 17.7 Å². The van der Waals surface area contributed by atoms with Gasteiger partial charge in [0.15, 0.2) is 5.16 Å². The Labute approximate surface area is 68.6 Å². The third-order valence-electron chi connectivity index (χ3n) is 1.15. The van der Waals surface area contributed by atoms with E-state index in [0.717, 1.165) is 5.16 Å². The van der Waals surface area contributed by atoms with Gasteiger partial charge < -0.3 is 10.8 Å². The Balaban J connectivity index is 2.83. The number of aliphatic hydroxyl groups excluding tert-OH is 1. The van der Waals surface area contributed by atoms with E-state index >= 15 is 0 Å². The van der Waals surface area contributed by atoms with Crippen molar-refractivity contribution < 1.29 is 5.11 Å². The monoisotopic (exact) mass is 174 g/mol. The lowest BCUT2D eigenvalue weighted by Gasteiger charge is -1.98. The molecule has 0 aliphatic rings. The lowest BCUT2D eigenvalue weighted by molar-refractivity contribution is 0.264. The standard InChI is InChI=1S/C5H10N4OS/c1-11-5-7-4(6)8-9(5)2-3-10/h10H,2-3H2,1H3,(H2,6,8). The molecular formula is C5H10N4OS. The highest BCUT2D eigenvalue weighted by Gasteiger charge is 2.04. The molecule has 0 amide bonds. The summed E-state index contributed by atoms with van der Waals surface area (Å²) in [5.41, 5.74) is 5.35. The minimum absolute atomic E-state index is 0.0519. The van der Waals surface area contributed by atoms with Crippen LogP contribution in [0.2, 0.25) is 0 Å². The van der Waals surface area contributed by atoms with Gasteiger partial charge in [-0.3, -0.25) is 0 Å². The summed E-state index contributed by atoms with van der Waals surface area (Å²) < 4.78 is 1.58. The van der Waals surface area contributed by atoms with E-state index in [4.69, 9.17) is 10.8 Å². The van der Waals surface area contributed by atoms with Crippen molar-refractivity contribution in [1.29, 1.82) is 0 Å². The summed E-state index contributed by atoms with van der Waals surface area (Å²) in [6.45, 7) is 0.497. The highest BCUT2D eigenvalue weighted by atomic mass is 32.2. The Bertz CT molecular complexity index is 236. The second-order valence-electron chi connectivity index (χ2n) is 1.90. The van der Waals surface area contributed by atoms with Gasteiger partial charge in [0.2, 0.25) is 5.95 Å². The topological polar surface area (TPSA) is 77.0 Å². The Morgan fingerprint density at radius 1 is 1.73 bits per heavy atom. The summed E-state index contributed by atoms with van der Waals surface area (Å²) >= 11 is 1.45. The number of aliphatic hydroxyl groups is 1. The smallest absolute Gasteiger partial charge is 0.240 e. The summed E-state index contributed by atoms with van der Waals surface area (Å²) in [6, 6.07) is 0. The molecule has 6 heteroatoms. The van der Waals surface area contributed by atoms with Crippen molar-refractivity contribution in [2.45, 2.75) is 11.7 Å². The van der Waals surface area contributed by atoms with Gasteiger partial charge in [0.05, 0.1) is 13.2 Å². The zero-order valence-corrected chi connectivity index (χ0v) is 7.01. The fraction of sp³-hybridized carbons (Fsp3) is 0.600. The van der Waals surface area contributed by atoms with Crippen LogP contribution in [-0.2, 0) is 6.54 Å². The molecule has 1 aromatic rings. The van der Waals surface area contributed by atoms with E-state index < -0.39 is 0 Å². The molecule has 0 fully saturated rings. The molecule has 0 aromatic carbocycles. The summed E-state index contributed by atoms with van der Waals surface area (Å²) in [5.74, 6) is 0.253. The van der Waals surface area contributed by atoms with Gasteiger partial charge in [-0.15, -0.1) is 5.10 Å². The van der Waals surface area contributed by atoms with Gasteiger partial charge in [-0.1, -0.05) is 11.8 Å². The predicted molar refractivity (Wildman–Crippen MR) is 43.3 cm³/mol. The molecule has 1 heterocycles. The molecule has 3 N–H and O–H groups in total. The van der Waals surface area contributed by atoms with Crippen LogP contribution in [0.15, 0.2) is 5.16 Å². The third-order valence-corrected chi connectivity index (χ3v) is 1.82. The SMILES string of the molecule is CSc1nc(N)nn1CCO. The fourth-order valence-corrected chi connectivity index (χ4v) is 1.26. The average molecular weight is 174 g/mol. The summed E-state index contributed by atoms with van der Waals surface area (Å²) in [4.78, 5) is 3.93. The molecule has 62 valence electrons. The Hall–Kier alpha value is -0.750. The molecule has 0 aliphatic carbocycles. The van der Waals surface area contributed by atoms with E-state index in [-0.39, 0.29) is 12.6 Å². The number of nitrogen functional groups attached to an aromatic ring is 1. The van der Waals surface area contributed by atoms with E-state index in [1.807, 2.05) is 6.26 Å². The maximum Gasteiger partial charge on any atom is 0.240 e. The van der Waals surface area contributed by atoms with E-state index in [1.54, 1.807) is 4.68 Å². The van der Waals surface area contributed by atoms with Crippen molar-refractivity contribution in [2.24, 2.45) is 0 Å². The van der Waals surface area contributed by atoms with Crippen LogP contribution in [0, 0.1) is 0 Å². The quantitative estimate of drug-likeness (QED) is 0.608. The lowest BCUT2D eigenvalue weighted by atomic mass is 10.7. The van der Waals surface area contributed by atoms with Crippen molar-refractivity contribution in [2.75, 3.05) is 18.6 Å². The molecule has 11 heavy (non-hydrogen) atoms. The van der Waals surface area contributed by atoms with Crippen LogP contribution in [0.25, 0.3) is 0 Å². The molecule has 0 saturated carbocycles. The number of rotatable bonds is 3. The van der Waals surface area contributed by atoms with Gasteiger partial charge >= 0.3 is 0 Å². The van der Waals surface area contributed by atoms with Gasteiger partial charge in [0, 0.05) is 0 Å². The van der Waals surface area contributed by atoms with E-state index in [2.05, 4.69) is 10.1 Å². The summed E-state index contributed by atoms with van der Waals surface area (Å²) in [6.07, 6.45) is 1.89. The van der Waals surface area contributed by atoms with Gasteiger partial charge in [-0.05, 0) is 6.26 Å². The zero-order valence-electron chi connectivity index (χ0n) is 6.19. The minimum atomic E-state index is 0.0519. The molecule has 0 saturated heterocycles. The zero-order chi connectivity index (χ0) is 8.27. The first-order valence-electron chi connectivity index (χ1n) is 3.13. The predicted octanol–water partition coefficient (Wildman–Crippen LogP) is -0.426. The first kappa shape index (κ1) is 8.35. The molecule has 1 rings (SSSR count). The molecule has 5 nitrogen and oxygen atoms in total. The first-order chi connectivity index (χ1) is 5.27. The molecule has 0 spiro atoms. The van der Waals surface area contributed by atoms with E-state index in [1.165, 1.54) is 11.8 Å². The van der Waals surface area contributed by atoms with Crippen LogP contribution in [0.4, 0.5) is 5.95 Å². The lowest BCUT2D eigenvalue weighted by Crippen LogP contribution is -2.05. The van der Waals surface area contributed by atoms with Gasteiger partial charge in [0.1, 0.15) is 0 Å². The van der Waals surface area contributed by atoms with Crippen LogP contribution < -0.4 is 5.73 Å². The van der Waals surface area contributed by atoms with Crippen LogP contribution in [0.1, 0.15) is 0 Å². The fourth-order valence-electron chi connectivity index (χ4n) is 0.736. The van der Waals surface area contributed by atoms with Crippen molar-refractivity contribution in [3.8, 4) is 0 Å². The van der Waals surface area contributed by atoms with Crippen LogP contribution >= 0.6 is 11.8 Å². The highest BCUT2D eigenvalue weighted by Crippen LogP contribution is 2.11. The van der Waals surface area contributed by atoms with Crippen molar-refractivity contribution in [1.82, 2.24) is 14.8 Å². The Kier molecular flexibility index (Phi) is 2.72. The van der Waals surface area contributed by atoms with Crippen molar-refractivity contribution in [3.63, 3.8) is 0 Å². The number of thioether (sulfide) groups is 1. The molecule has 0 aliphatic heterocycles. The maximum atomic E-state index is 8.61. The molecule has 0 radical (unpaired) electrons. The second-order valence-corrected chi connectivity index (χ2v) is 2.68. The Morgan fingerprint density at radius 2 is 2.45 bits per heavy atom. The van der Waals surface area contributed by atoms with Crippen LogP contribution in [-0.4, -0.2) is 32.7 Å². The number of anilines is 1. The molecule has 0 unspecified atom stereocenters. The molecule has 0 atom stereocenters. The molecule has 1 aromatic heterocycles. The minimum Gasteiger partial charge on any atom is -0.394 e. The van der Waals surface area contributed by atoms with Crippen molar-refractivity contribution in [3.05, 3.63) is 0 Å². The van der Waals surface area contributed by atoms with E-state index in [0.29, 0.717) is 6.54 Å². The third kappa shape index (κ3) is 1.84. The number of nitrogens with two attached hydrogens (primary N) is 1. The average Bonchev–Trinajstić information content (AvgIpc) is 2.32. The maximum absolute atomic E-state index is 8.61. The summed E-state index contributed by atoms with van der Waals surface area (Å²) in [7, 11) is 0. The number of aromatic nitrogens is 3. The number of nitrogens with zero attached hydrogens (tertiary/aromatic N) is 3. The highest BCUT2D eigenvalue weighted by molar-refractivity contribution is 7.98. The van der Waals surface area contributed by atoms with Gasteiger partial charge in [0.25, 0.3) is 0 Å². The molecule has 0 bridgehead atoms. The summed E-state index contributed by atoms with van der Waals surface area (Å²) in [5, 5.41) is 13.2. The van der Waals surface area contributed by atoms with E-state index in [9.17, 15) is 0 Å². The van der Waals surface area contributed by atoms with Gasteiger partial charge in [-0.25, -0.2) is 4.68 Å². The first-order valence-corrected chi connectivity index (χ1v) is 4.35. The normalized spacial score (nSPS) is 10.4. The second kappa shape index (κ2) is 3.59. The van der Waals surface area contributed by atoms with Crippen LogP contribution in [0.5, 0.6) is 0 Å².